The molecule has 1 fully saturated rings. The second kappa shape index (κ2) is 11.6. The Bertz CT molecular complexity index is 200. The summed E-state index contributed by atoms with van der Waals surface area (Å²) in [7, 11) is 0. The lowest BCUT2D eigenvalue weighted by Crippen LogP contribution is -2.26. The molecule has 0 bridgehead atoms. The molecule has 0 spiro atoms. The van der Waals surface area contributed by atoms with E-state index in [0.29, 0.717) is 0 Å². The first kappa shape index (κ1) is 20.0. The minimum atomic E-state index is 0.879. The zero-order chi connectivity index (χ0) is 15.5. The van der Waals surface area contributed by atoms with Crippen LogP contribution in [0.3, 0.4) is 0 Å². The molecule has 1 saturated carbocycles. The van der Waals surface area contributed by atoms with E-state index in [1.165, 1.54) is 51.4 Å². The van der Waals surface area contributed by atoms with E-state index in [2.05, 4.69) is 48.5 Å². The van der Waals surface area contributed by atoms with Gasteiger partial charge in [-0.1, -0.05) is 93.4 Å². The van der Waals surface area contributed by atoms with Gasteiger partial charge >= 0.3 is 0 Å². The van der Waals surface area contributed by atoms with Crippen molar-refractivity contribution in [3.63, 3.8) is 0 Å². The summed E-state index contributed by atoms with van der Waals surface area (Å²) < 4.78 is 0. The molecular formula is C20H42. The number of hydrogen-bond acceptors (Lipinski definition) is 0. The third-order valence-electron chi connectivity index (χ3n) is 5.37. The van der Waals surface area contributed by atoms with Crippen LogP contribution in [0.15, 0.2) is 0 Å². The van der Waals surface area contributed by atoms with Crippen molar-refractivity contribution >= 4 is 0 Å². The van der Waals surface area contributed by atoms with Crippen LogP contribution in [0, 0.1) is 29.6 Å². The van der Waals surface area contributed by atoms with Crippen LogP contribution in [0.5, 0.6) is 0 Å². The molecule has 1 aliphatic rings. The molecule has 1 unspecified atom stereocenters. The van der Waals surface area contributed by atoms with Gasteiger partial charge in [-0.15, -0.1) is 0 Å². The van der Waals surface area contributed by atoms with Gasteiger partial charge < -0.3 is 0 Å². The van der Waals surface area contributed by atoms with Gasteiger partial charge in [0.15, 0.2) is 0 Å². The maximum Gasteiger partial charge on any atom is -0.0360 e. The highest BCUT2D eigenvalue weighted by Gasteiger charge is 2.28. The van der Waals surface area contributed by atoms with Crippen LogP contribution in [0.4, 0.5) is 0 Å². The minimum absolute atomic E-state index is 0.879. The highest BCUT2D eigenvalue weighted by Crippen LogP contribution is 2.38. The molecule has 1 aliphatic carbocycles. The highest BCUT2D eigenvalue weighted by atomic mass is 14.3. The Balaban J connectivity index is 0.00000110. The van der Waals surface area contributed by atoms with Crippen molar-refractivity contribution in [3.05, 3.63) is 0 Å². The van der Waals surface area contributed by atoms with Crippen LogP contribution in [-0.2, 0) is 0 Å². The van der Waals surface area contributed by atoms with Crippen molar-refractivity contribution in [2.45, 2.75) is 99.8 Å². The lowest BCUT2D eigenvalue weighted by Gasteiger charge is -2.36. The molecule has 20 heavy (non-hydrogen) atoms. The van der Waals surface area contributed by atoms with Gasteiger partial charge in [0.2, 0.25) is 0 Å². The maximum absolute atomic E-state index is 2.48. The molecule has 0 radical (unpaired) electrons. The maximum atomic E-state index is 2.48. The van der Waals surface area contributed by atoms with E-state index in [0.717, 1.165) is 29.6 Å². The summed E-state index contributed by atoms with van der Waals surface area (Å²) in [6, 6.07) is 0. The van der Waals surface area contributed by atoms with Crippen LogP contribution >= 0.6 is 0 Å². The Morgan fingerprint density at radius 2 is 1.30 bits per heavy atom. The van der Waals surface area contributed by atoms with Gasteiger partial charge in [-0.25, -0.2) is 0 Å². The van der Waals surface area contributed by atoms with Crippen molar-refractivity contribution in [1.82, 2.24) is 0 Å². The molecule has 122 valence electrons. The lowest BCUT2D eigenvalue weighted by molar-refractivity contribution is 0.148. The van der Waals surface area contributed by atoms with E-state index < -0.39 is 0 Å². The van der Waals surface area contributed by atoms with Gasteiger partial charge in [0, 0.05) is 0 Å². The first-order valence-electron chi connectivity index (χ1n) is 9.47. The van der Waals surface area contributed by atoms with Crippen molar-refractivity contribution in [1.29, 1.82) is 0 Å². The molecule has 0 aromatic carbocycles. The van der Waals surface area contributed by atoms with Crippen LogP contribution in [0.1, 0.15) is 99.8 Å². The third-order valence-corrected chi connectivity index (χ3v) is 5.37. The van der Waals surface area contributed by atoms with Crippen LogP contribution in [0.2, 0.25) is 0 Å². The van der Waals surface area contributed by atoms with Crippen molar-refractivity contribution < 1.29 is 0 Å². The van der Waals surface area contributed by atoms with Crippen LogP contribution < -0.4 is 0 Å². The van der Waals surface area contributed by atoms with E-state index in [1.807, 2.05) is 0 Å². The lowest BCUT2D eigenvalue weighted by atomic mass is 9.70. The van der Waals surface area contributed by atoms with Gasteiger partial charge in [-0.05, 0) is 36.0 Å². The third kappa shape index (κ3) is 7.70. The molecule has 0 aromatic heterocycles. The topological polar surface area (TPSA) is 0 Å². The first-order chi connectivity index (χ1) is 9.47. The molecule has 0 amide bonds. The molecule has 0 heterocycles. The van der Waals surface area contributed by atoms with E-state index in [1.54, 1.807) is 0 Å². The van der Waals surface area contributed by atoms with Gasteiger partial charge in [-0.3, -0.25) is 0 Å². The van der Waals surface area contributed by atoms with Gasteiger partial charge in [0.25, 0.3) is 0 Å². The Kier molecular flexibility index (Phi) is 11.6. The number of hydrogen-bond donors (Lipinski definition) is 0. The molecule has 3 atom stereocenters. The summed E-state index contributed by atoms with van der Waals surface area (Å²) in [5, 5.41) is 0. The smallest absolute Gasteiger partial charge is 0.0360 e. The predicted octanol–water partition coefficient (Wildman–Crippen LogP) is 7.33. The standard InChI is InChI=1S/C17H34.C3H8/c1-6-14(4)15(5)12-17(13(2)3)16-10-8-7-9-11-16;1-3-2/h13-17H,6-12H2,1-5H3;3H2,1-2H3/t14-,15?,17-;/m1./s1. The molecule has 0 aromatic rings. The fourth-order valence-electron chi connectivity index (χ4n) is 3.64. The fraction of sp³-hybridized carbons (Fsp3) is 1.00. The van der Waals surface area contributed by atoms with Gasteiger partial charge in [0.05, 0.1) is 0 Å². The Morgan fingerprint density at radius 1 is 0.800 bits per heavy atom. The molecular weight excluding hydrogens is 240 g/mol. The summed E-state index contributed by atoms with van der Waals surface area (Å²) >= 11 is 0. The Hall–Kier alpha value is 0. The molecule has 1 rings (SSSR count). The van der Waals surface area contributed by atoms with Crippen molar-refractivity contribution in [2.24, 2.45) is 29.6 Å². The Labute approximate surface area is 130 Å². The van der Waals surface area contributed by atoms with E-state index in [-0.39, 0.29) is 0 Å². The summed E-state index contributed by atoms with van der Waals surface area (Å²) in [6.07, 6.45) is 11.6. The van der Waals surface area contributed by atoms with E-state index in [4.69, 9.17) is 0 Å². The molecule has 0 saturated heterocycles. The van der Waals surface area contributed by atoms with Crippen molar-refractivity contribution in [2.75, 3.05) is 0 Å². The van der Waals surface area contributed by atoms with Gasteiger partial charge in [0.1, 0.15) is 0 Å². The summed E-state index contributed by atoms with van der Waals surface area (Å²) in [4.78, 5) is 0. The van der Waals surface area contributed by atoms with E-state index >= 15 is 0 Å². The van der Waals surface area contributed by atoms with E-state index in [9.17, 15) is 0 Å². The zero-order valence-corrected chi connectivity index (χ0v) is 15.5. The first-order valence-corrected chi connectivity index (χ1v) is 9.47. The SMILES string of the molecule is CCC.CC[C@@H](C)C(C)C[C@H](C(C)C)C1CCCCC1. The Morgan fingerprint density at radius 3 is 1.70 bits per heavy atom. The molecule has 0 N–H and O–H groups in total. The second-order valence-electron chi connectivity index (χ2n) is 7.61. The number of rotatable bonds is 6. The monoisotopic (exact) mass is 282 g/mol. The second-order valence-corrected chi connectivity index (χ2v) is 7.61. The summed E-state index contributed by atoms with van der Waals surface area (Å²) in [6.45, 7) is 16.4. The van der Waals surface area contributed by atoms with Crippen molar-refractivity contribution in [3.8, 4) is 0 Å². The average molecular weight is 283 g/mol. The molecule has 0 heteroatoms. The largest absolute Gasteiger partial charge is 0.0656 e. The molecule has 0 nitrogen and oxygen atoms in total. The average Bonchev–Trinajstić information content (AvgIpc) is 2.45. The fourth-order valence-corrected chi connectivity index (χ4v) is 3.64. The normalized spacial score (nSPS) is 21.0. The highest BCUT2D eigenvalue weighted by molar-refractivity contribution is 4.78. The predicted molar refractivity (Wildman–Crippen MR) is 94.1 cm³/mol. The summed E-state index contributed by atoms with van der Waals surface area (Å²) in [5.74, 6) is 4.72. The van der Waals surface area contributed by atoms with Crippen LogP contribution in [-0.4, -0.2) is 0 Å². The van der Waals surface area contributed by atoms with Crippen LogP contribution in [0.25, 0.3) is 0 Å². The zero-order valence-electron chi connectivity index (χ0n) is 15.5. The quantitative estimate of drug-likeness (QED) is 0.478. The summed E-state index contributed by atoms with van der Waals surface area (Å²) in [5.41, 5.74) is 0. The minimum Gasteiger partial charge on any atom is -0.0656 e. The van der Waals surface area contributed by atoms with Gasteiger partial charge in [-0.2, -0.15) is 0 Å². The molecule has 0 aliphatic heterocycles.